The summed E-state index contributed by atoms with van der Waals surface area (Å²) in [4.78, 5) is 0. The Morgan fingerprint density at radius 1 is 1.33 bits per heavy atom. The third-order valence-electron chi connectivity index (χ3n) is 2.55. The zero-order valence-electron chi connectivity index (χ0n) is 9.14. The molecule has 1 aromatic carbocycles. The first-order valence-corrected chi connectivity index (χ1v) is 5.11. The number of rotatable bonds is 3. The Balaban J connectivity index is 2.37. The topological polar surface area (TPSA) is 56.7 Å². The number of para-hydroxylation sites is 1. The molecule has 0 radical (unpaired) electrons. The van der Waals surface area contributed by atoms with Gasteiger partial charge < -0.3 is 5.73 Å². The summed E-state index contributed by atoms with van der Waals surface area (Å²) < 4.78 is 1.92. The molecule has 0 aliphatic carbocycles. The molecule has 2 rings (SSSR count). The minimum absolute atomic E-state index is 0.0521. The molecule has 0 fully saturated rings. The monoisotopic (exact) mass is 204 g/mol. The predicted molar refractivity (Wildman–Crippen MR) is 60.4 cm³/mol. The third kappa shape index (κ3) is 1.99. The summed E-state index contributed by atoms with van der Waals surface area (Å²) in [6.07, 6.45) is 0. The molecule has 2 aromatic rings. The molecule has 0 aliphatic heterocycles. The van der Waals surface area contributed by atoms with Gasteiger partial charge in [-0.25, -0.2) is 4.68 Å². The van der Waals surface area contributed by atoms with Crippen molar-refractivity contribution in [3.8, 4) is 0 Å². The standard InChI is InChI=1S/C11H16N4/c1-11(2,7-12)8-15-10-6-4-3-5-9(10)13-14-15/h3-6H,7-8,12H2,1-2H3. The molecule has 0 saturated heterocycles. The zero-order valence-corrected chi connectivity index (χ0v) is 9.14. The number of aromatic nitrogens is 3. The number of nitrogens with zero attached hydrogens (tertiary/aromatic N) is 3. The SMILES string of the molecule is CC(C)(CN)Cn1nnc2ccccc21. The molecule has 4 heteroatoms. The molecule has 4 nitrogen and oxygen atoms in total. The van der Waals surface area contributed by atoms with Crippen molar-refractivity contribution in [1.29, 1.82) is 0 Å². The van der Waals surface area contributed by atoms with Gasteiger partial charge in [0.15, 0.2) is 0 Å². The summed E-state index contributed by atoms with van der Waals surface area (Å²) in [7, 11) is 0. The van der Waals surface area contributed by atoms with Crippen LogP contribution in [0.2, 0.25) is 0 Å². The fraction of sp³-hybridized carbons (Fsp3) is 0.455. The van der Waals surface area contributed by atoms with Crippen molar-refractivity contribution < 1.29 is 0 Å². The number of benzene rings is 1. The van der Waals surface area contributed by atoms with Crippen molar-refractivity contribution in [2.24, 2.45) is 11.1 Å². The summed E-state index contributed by atoms with van der Waals surface area (Å²) in [5.74, 6) is 0. The van der Waals surface area contributed by atoms with Crippen molar-refractivity contribution in [3.63, 3.8) is 0 Å². The van der Waals surface area contributed by atoms with E-state index >= 15 is 0 Å². The van der Waals surface area contributed by atoms with Crippen molar-refractivity contribution in [3.05, 3.63) is 24.3 Å². The van der Waals surface area contributed by atoms with Crippen LogP contribution in [-0.4, -0.2) is 21.5 Å². The Bertz CT molecular complexity index is 458. The van der Waals surface area contributed by atoms with Crippen LogP contribution in [0.25, 0.3) is 11.0 Å². The summed E-state index contributed by atoms with van der Waals surface area (Å²) in [5, 5.41) is 8.25. The lowest BCUT2D eigenvalue weighted by molar-refractivity contribution is 0.303. The zero-order chi connectivity index (χ0) is 10.9. The number of fused-ring (bicyclic) bond motifs is 1. The highest BCUT2D eigenvalue weighted by Crippen LogP contribution is 2.18. The molecule has 0 saturated carbocycles. The lowest BCUT2D eigenvalue weighted by atomic mass is 9.94. The van der Waals surface area contributed by atoms with Crippen LogP contribution in [0.5, 0.6) is 0 Å². The first-order valence-electron chi connectivity index (χ1n) is 5.11. The highest BCUT2D eigenvalue weighted by Gasteiger charge is 2.18. The number of hydrogen-bond donors (Lipinski definition) is 1. The minimum atomic E-state index is 0.0521. The van der Waals surface area contributed by atoms with E-state index in [0.717, 1.165) is 17.6 Å². The van der Waals surface area contributed by atoms with Gasteiger partial charge in [0.05, 0.1) is 5.52 Å². The van der Waals surface area contributed by atoms with Gasteiger partial charge in [-0.2, -0.15) is 0 Å². The van der Waals surface area contributed by atoms with Crippen LogP contribution in [0.4, 0.5) is 0 Å². The summed E-state index contributed by atoms with van der Waals surface area (Å²) in [6.45, 7) is 5.69. The maximum absolute atomic E-state index is 5.71. The van der Waals surface area contributed by atoms with Gasteiger partial charge in [0.1, 0.15) is 5.52 Å². The van der Waals surface area contributed by atoms with Crippen LogP contribution in [-0.2, 0) is 6.54 Å². The molecule has 0 bridgehead atoms. The number of nitrogens with two attached hydrogens (primary N) is 1. The van der Waals surface area contributed by atoms with Gasteiger partial charge in [-0.3, -0.25) is 0 Å². The van der Waals surface area contributed by atoms with E-state index < -0.39 is 0 Å². The average molecular weight is 204 g/mol. The quantitative estimate of drug-likeness (QED) is 0.822. The lowest BCUT2D eigenvalue weighted by Crippen LogP contribution is -2.29. The van der Waals surface area contributed by atoms with Crippen molar-refractivity contribution in [1.82, 2.24) is 15.0 Å². The minimum Gasteiger partial charge on any atom is -0.330 e. The molecule has 2 N–H and O–H groups in total. The molecular formula is C11H16N4. The highest BCUT2D eigenvalue weighted by atomic mass is 15.4. The van der Waals surface area contributed by atoms with E-state index in [2.05, 4.69) is 24.2 Å². The Hall–Kier alpha value is -1.42. The maximum atomic E-state index is 5.71. The second kappa shape index (κ2) is 3.62. The van der Waals surface area contributed by atoms with Gasteiger partial charge in [-0.15, -0.1) is 5.10 Å². The van der Waals surface area contributed by atoms with Gasteiger partial charge in [-0.05, 0) is 24.1 Å². The van der Waals surface area contributed by atoms with Crippen LogP contribution in [0, 0.1) is 5.41 Å². The number of hydrogen-bond acceptors (Lipinski definition) is 3. The third-order valence-corrected chi connectivity index (χ3v) is 2.55. The first kappa shape index (κ1) is 10.1. The Kier molecular flexibility index (Phi) is 2.44. The van der Waals surface area contributed by atoms with Gasteiger partial charge in [-0.1, -0.05) is 31.2 Å². The second-order valence-electron chi connectivity index (χ2n) is 4.60. The van der Waals surface area contributed by atoms with Crippen LogP contribution in [0.1, 0.15) is 13.8 Å². The highest BCUT2D eigenvalue weighted by molar-refractivity contribution is 5.73. The Labute approximate surface area is 89.1 Å². The van der Waals surface area contributed by atoms with Crippen LogP contribution in [0.15, 0.2) is 24.3 Å². The summed E-state index contributed by atoms with van der Waals surface area (Å²) in [6, 6.07) is 7.96. The first-order chi connectivity index (χ1) is 7.12. The Morgan fingerprint density at radius 2 is 2.07 bits per heavy atom. The van der Waals surface area contributed by atoms with Crippen molar-refractivity contribution in [2.75, 3.05) is 6.54 Å². The van der Waals surface area contributed by atoms with Gasteiger partial charge in [0, 0.05) is 6.54 Å². The van der Waals surface area contributed by atoms with E-state index in [0.29, 0.717) is 6.54 Å². The fourth-order valence-electron chi connectivity index (χ4n) is 1.50. The molecule has 15 heavy (non-hydrogen) atoms. The van der Waals surface area contributed by atoms with Crippen molar-refractivity contribution in [2.45, 2.75) is 20.4 Å². The average Bonchev–Trinajstić information content (AvgIpc) is 2.62. The van der Waals surface area contributed by atoms with Crippen LogP contribution >= 0.6 is 0 Å². The van der Waals surface area contributed by atoms with E-state index in [1.54, 1.807) is 0 Å². The van der Waals surface area contributed by atoms with Crippen LogP contribution < -0.4 is 5.73 Å². The molecule has 80 valence electrons. The molecule has 0 aliphatic rings. The van der Waals surface area contributed by atoms with E-state index in [4.69, 9.17) is 5.73 Å². The largest absolute Gasteiger partial charge is 0.330 e. The van der Waals surface area contributed by atoms with Gasteiger partial charge in [0.25, 0.3) is 0 Å². The molecule has 1 aromatic heterocycles. The summed E-state index contributed by atoms with van der Waals surface area (Å²) >= 11 is 0. The maximum Gasteiger partial charge on any atom is 0.113 e. The van der Waals surface area contributed by atoms with Crippen LogP contribution in [0.3, 0.4) is 0 Å². The molecule has 0 unspecified atom stereocenters. The lowest BCUT2D eigenvalue weighted by Gasteiger charge is -2.21. The van der Waals surface area contributed by atoms with Gasteiger partial charge >= 0.3 is 0 Å². The summed E-state index contributed by atoms with van der Waals surface area (Å²) in [5.41, 5.74) is 7.76. The van der Waals surface area contributed by atoms with E-state index in [1.807, 2.05) is 28.9 Å². The van der Waals surface area contributed by atoms with Gasteiger partial charge in [0.2, 0.25) is 0 Å². The fourth-order valence-corrected chi connectivity index (χ4v) is 1.50. The molecule has 0 atom stereocenters. The molecule has 0 amide bonds. The normalized spacial score (nSPS) is 12.2. The van der Waals surface area contributed by atoms with E-state index in [-0.39, 0.29) is 5.41 Å². The molecule has 0 spiro atoms. The predicted octanol–water partition coefficient (Wildman–Crippen LogP) is 1.42. The molecular weight excluding hydrogens is 188 g/mol. The van der Waals surface area contributed by atoms with E-state index in [9.17, 15) is 0 Å². The van der Waals surface area contributed by atoms with Crippen molar-refractivity contribution >= 4 is 11.0 Å². The molecule has 1 heterocycles. The second-order valence-corrected chi connectivity index (χ2v) is 4.60. The van der Waals surface area contributed by atoms with E-state index in [1.165, 1.54) is 0 Å². The Morgan fingerprint density at radius 3 is 2.80 bits per heavy atom. The smallest absolute Gasteiger partial charge is 0.113 e.